The van der Waals surface area contributed by atoms with Gasteiger partial charge in [-0.1, -0.05) is 23.2 Å². The molecule has 0 spiro atoms. The number of halogens is 2. The fourth-order valence-electron chi connectivity index (χ4n) is 4.54. The normalized spacial score (nSPS) is 21.0. The van der Waals surface area contributed by atoms with Crippen LogP contribution in [0.2, 0.25) is 10.2 Å². The van der Waals surface area contributed by atoms with Gasteiger partial charge in [0.2, 0.25) is 5.95 Å². The lowest BCUT2D eigenvalue weighted by Crippen LogP contribution is -2.64. The molecule has 1 N–H and O–H groups in total. The first-order valence-electron chi connectivity index (χ1n) is 11.0. The summed E-state index contributed by atoms with van der Waals surface area (Å²) < 4.78 is 7.30. The number of ether oxygens (including phenoxy) is 1. The number of hydrogen-bond acceptors (Lipinski definition) is 7. The van der Waals surface area contributed by atoms with E-state index in [1.165, 1.54) is 0 Å². The molecule has 0 bridgehead atoms. The predicted octanol–water partition coefficient (Wildman–Crippen LogP) is 4.12. The summed E-state index contributed by atoms with van der Waals surface area (Å²) in [6.07, 6.45) is 5.76. The molecule has 4 heterocycles. The Labute approximate surface area is 196 Å². The number of aromatic nitrogens is 4. The van der Waals surface area contributed by atoms with Crippen LogP contribution in [0.5, 0.6) is 0 Å². The third kappa shape index (κ3) is 3.59. The largest absolute Gasteiger partial charge is 0.377 e. The zero-order valence-corrected chi connectivity index (χ0v) is 19.4. The van der Waals surface area contributed by atoms with Crippen molar-refractivity contribution in [2.75, 3.05) is 49.6 Å². The van der Waals surface area contributed by atoms with Crippen LogP contribution in [0.4, 0.5) is 17.3 Å². The molecule has 0 unspecified atom stereocenters. The van der Waals surface area contributed by atoms with Crippen LogP contribution >= 0.6 is 23.2 Å². The van der Waals surface area contributed by atoms with Gasteiger partial charge in [0.1, 0.15) is 0 Å². The summed E-state index contributed by atoms with van der Waals surface area (Å²) in [5.74, 6) is 0.491. The van der Waals surface area contributed by atoms with Crippen LogP contribution in [0.1, 0.15) is 25.8 Å². The molecule has 32 heavy (non-hydrogen) atoms. The Morgan fingerprint density at radius 3 is 2.56 bits per heavy atom. The number of nitrogens with zero attached hydrogens (tertiary/aromatic N) is 6. The van der Waals surface area contributed by atoms with Crippen molar-refractivity contribution >= 4 is 51.4 Å². The molecule has 1 saturated carbocycles. The number of piperazine rings is 1. The lowest BCUT2D eigenvalue weighted by atomic mass is 9.97. The van der Waals surface area contributed by atoms with Crippen LogP contribution in [0.3, 0.4) is 0 Å². The first-order chi connectivity index (χ1) is 15.5. The standard InChI is InChI=1S/C22H25Cl2N7O/c1-22(12-32-13-22)30-6-4-29(5-7-30)19-9-17-14(8-16(19)23)10-25-21(27-17)28-18-11-26-31(20(18)24)15-2-3-15/h8-11,15H,2-7,12-13H2,1H3,(H,25,27,28). The second kappa shape index (κ2) is 7.73. The molecule has 3 aromatic rings. The minimum absolute atomic E-state index is 0.182. The fourth-order valence-corrected chi connectivity index (χ4v) is 5.10. The number of anilines is 3. The highest BCUT2D eigenvalue weighted by molar-refractivity contribution is 6.34. The van der Waals surface area contributed by atoms with Crippen LogP contribution in [0, 0.1) is 0 Å². The van der Waals surface area contributed by atoms with Gasteiger partial charge in [0.15, 0.2) is 5.15 Å². The van der Waals surface area contributed by atoms with E-state index in [1.807, 2.05) is 10.7 Å². The van der Waals surface area contributed by atoms with E-state index < -0.39 is 0 Å². The van der Waals surface area contributed by atoms with E-state index in [0.717, 1.165) is 79.5 Å². The number of rotatable bonds is 5. The Morgan fingerprint density at radius 2 is 1.88 bits per heavy atom. The summed E-state index contributed by atoms with van der Waals surface area (Å²) >= 11 is 13.1. The van der Waals surface area contributed by atoms with Gasteiger partial charge < -0.3 is 15.0 Å². The Kier molecular flexibility index (Phi) is 4.94. The molecule has 168 valence electrons. The van der Waals surface area contributed by atoms with E-state index in [9.17, 15) is 0 Å². The van der Waals surface area contributed by atoms with Gasteiger partial charge in [-0.2, -0.15) is 5.10 Å². The molecule has 2 aliphatic heterocycles. The lowest BCUT2D eigenvalue weighted by molar-refractivity contribution is -0.131. The van der Waals surface area contributed by atoms with E-state index in [4.69, 9.17) is 32.9 Å². The average molecular weight is 474 g/mol. The van der Waals surface area contributed by atoms with Crippen molar-refractivity contribution in [1.82, 2.24) is 24.6 Å². The van der Waals surface area contributed by atoms with E-state index in [0.29, 0.717) is 17.1 Å². The molecule has 2 aromatic heterocycles. The SMILES string of the molecule is CC1(N2CCN(c3cc4nc(Nc5cnn(C6CC6)c5Cl)ncc4cc3Cl)CC2)COC1. The van der Waals surface area contributed by atoms with Gasteiger partial charge in [-0.05, 0) is 31.9 Å². The molecule has 3 fully saturated rings. The van der Waals surface area contributed by atoms with Gasteiger partial charge in [-0.25, -0.2) is 14.6 Å². The van der Waals surface area contributed by atoms with E-state index in [2.05, 4.69) is 38.2 Å². The maximum absolute atomic E-state index is 6.66. The van der Waals surface area contributed by atoms with Gasteiger partial charge in [0.05, 0.1) is 52.9 Å². The van der Waals surface area contributed by atoms with Crippen molar-refractivity contribution in [2.45, 2.75) is 31.3 Å². The van der Waals surface area contributed by atoms with Crippen molar-refractivity contribution in [1.29, 1.82) is 0 Å². The summed E-state index contributed by atoms with van der Waals surface area (Å²) in [6, 6.07) is 4.42. The zero-order chi connectivity index (χ0) is 21.9. The summed E-state index contributed by atoms with van der Waals surface area (Å²) in [5.41, 5.74) is 2.76. The fraction of sp³-hybridized carbons (Fsp3) is 0.500. The second-order valence-corrected chi connectivity index (χ2v) is 9.93. The quantitative estimate of drug-likeness (QED) is 0.597. The third-order valence-corrected chi connectivity index (χ3v) is 7.41. The van der Waals surface area contributed by atoms with Gasteiger partial charge >= 0.3 is 0 Å². The lowest BCUT2D eigenvalue weighted by Gasteiger charge is -2.50. The Hall–Kier alpha value is -2.13. The van der Waals surface area contributed by atoms with Crippen LogP contribution in [0.15, 0.2) is 24.5 Å². The van der Waals surface area contributed by atoms with E-state index in [-0.39, 0.29) is 5.54 Å². The van der Waals surface area contributed by atoms with E-state index in [1.54, 1.807) is 12.4 Å². The molecule has 0 radical (unpaired) electrons. The summed E-state index contributed by atoms with van der Waals surface area (Å²) in [4.78, 5) is 14.0. The molecule has 10 heteroatoms. The monoisotopic (exact) mass is 473 g/mol. The minimum atomic E-state index is 0.182. The van der Waals surface area contributed by atoms with Crippen LogP contribution < -0.4 is 10.2 Å². The number of benzene rings is 1. The number of nitrogens with one attached hydrogen (secondary N) is 1. The highest BCUT2D eigenvalue weighted by Crippen LogP contribution is 2.39. The van der Waals surface area contributed by atoms with Crippen molar-refractivity contribution < 1.29 is 4.74 Å². The Morgan fingerprint density at radius 1 is 1.09 bits per heavy atom. The summed E-state index contributed by atoms with van der Waals surface area (Å²) in [7, 11) is 0. The molecule has 6 rings (SSSR count). The van der Waals surface area contributed by atoms with Gasteiger partial charge in [0.25, 0.3) is 0 Å². The maximum atomic E-state index is 6.66. The van der Waals surface area contributed by atoms with Crippen molar-refractivity contribution in [3.8, 4) is 0 Å². The Balaban J connectivity index is 1.22. The molecular formula is C22H25Cl2N7O. The molecule has 1 aliphatic carbocycles. The van der Waals surface area contributed by atoms with Crippen molar-refractivity contribution in [3.05, 3.63) is 34.7 Å². The third-order valence-electron chi connectivity index (χ3n) is 6.73. The topological polar surface area (TPSA) is 71.3 Å². The predicted molar refractivity (Wildman–Crippen MR) is 126 cm³/mol. The number of fused-ring (bicyclic) bond motifs is 1. The molecule has 8 nitrogen and oxygen atoms in total. The summed E-state index contributed by atoms with van der Waals surface area (Å²) in [6.45, 7) is 7.75. The van der Waals surface area contributed by atoms with Gasteiger partial charge in [0, 0.05) is 37.8 Å². The molecule has 2 saturated heterocycles. The molecule has 3 aliphatic rings. The summed E-state index contributed by atoms with van der Waals surface area (Å²) in [5, 5.41) is 9.82. The first-order valence-corrected chi connectivity index (χ1v) is 11.8. The van der Waals surface area contributed by atoms with E-state index >= 15 is 0 Å². The molecule has 0 amide bonds. The van der Waals surface area contributed by atoms with Gasteiger partial charge in [-0.3, -0.25) is 4.90 Å². The van der Waals surface area contributed by atoms with Crippen molar-refractivity contribution in [2.24, 2.45) is 0 Å². The van der Waals surface area contributed by atoms with Crippen LogP contribution in [0.25, 0.3) is 10.9 Å². The van der Waals surface area contributed by atoms with Crippen molar-refractivity contribution in [3.63, 3.8) is 0 Å². The molecule has 0 atom stereocenters. The maximum Gasteiger partial charge on any atom is 0.227 e. The Bertz CT molecular complexity index is 1170. The molecular weight excluding hydrogens is 449 g/mol. The highest BCUT2D eigenvalue weighted by atomic mass is 35.5. The van der Waals surface area contributed by atoms with Crippen LogP contribution in [-0.2, 0) is 4.74 Å². The van der Waals surface area contributed by atoms with Crippen LogP contribution in [-0.4, -0.2) is 69.6 Å². The number of hydrogen-bond donors (Lipinski definition) is 1. The average Bonchev–Trinajstić information content (AvgIpc) is 3.56. The van der Waals surface area contributed by atoms with Gasteiger partial charge in [-0.15, -0.1) is 0 Å². The second-order valence-electron chi connectivity index (χ2n) is 9.17. The zero-order valence-electron chi connectivity index (χ0n) is 17.9. The highest BCUT2D eigenvalue weighted by Gasteiger charge is 2.40. The first kappa shape index (κ1) is 20.5. The smallest absolute Gasteiger partial charge is 0.227 e. The minimum Gasteiger partial charge on any atom is -0.377 e. The molecule has 1 aromatic carbocycles.